The second-order valence-electron chi connectivity index (χ2n) is 2.01. The minimum Gasteiger partial charge on any atom is -0.399 e. The van der Waals surface area contributed by atoms with Gasteiger partial charge in [-0.25, -0.2) is 0 Å². The molecule has 0 aromatic rings. The van der Waals surface area contributed by atoms with Crippen molar-refractivity contribution in [1.29, 1.82) is 0 Å². The lowest BCUT2D eigenvalue weighted by atomic mass is 10.2. The fourth-order valence-corrected chi connectivity index (χ4v) is 0.575. The number of hydrogen-bond donors (Lipinski definition) is 0. The lowest BCUT2D eigenvalue weighted by Crippen LogP contribution is -1.70. The topological polar surface area (TPSA) is 21.6 Å². The molecule has 2 heteroatoms. The van der Waals surface area contributed by atoms with Crippen LogP contribution in [0.5, 0.6) is 0 Å². The van der Waals surface area contributed by atoms with Gasteiger partial charge in [-0.1, -0.05) is 31.0 Å². The smallest absolute Gasteiger partial charge is 0.106 e. The standard InChI is InChI=1S/C8H15NO/c1-3-4-5-6-7-8-9-10-2/h6-8H,3-5H2,1-2H3. The lowest BCUT2D eigenvalue weighted by Gasteiger charge is -1.85. The van der Waals surface area contributed by atoms with Crippen molar-refractivity contribution in [2.24, 2.45) is 5.16 Å². The number of unbranched alkanes of at least 4 members (excludes halogenated alkanes) is 2. The van der Waals surface area contributed by atoms with E-state index in [0.29, 0.717) is 0 Å². The summed E-state index contributed by atoms with van der Waals surface area (Å²) in [5, 5.41) is 3.56. The maximum Gasteiger partial charge on any atom is 0.106 e. The Morgan fingerprint density at radius 1 is 1.50 bits per heavy atom. The van der Waals surface area contributed by atoms with Crippen LogP contribution >= 0.6 is 0 Å². The molecule has 0 atom stereocenters. The second kappa shape index (κ2) is 8.21. The fraction of sp³-hybridized carbons (Fsp3) is 0.625. The van der Waals surface area contributed by atoms with E-state index in [1.807, 2.05) is 6.08 Å². The number of allylic oxidation sites excluding steroid dienone is 2. The van der Waals surface area contributed by atoms with Crippen molar-refractivity contribution in [2.75, 3.05) is 7.11 Å². The Hall–Kier alpha value is -0.790. The highest BCUT2D eigenvalue weighted by molar-refractivity contribution is 5.70. The first kappa shape index (κ1) is 9.21. The number of hydrogen-bond acceptors (Lipinski definition) is 2. The summed E-state index contributed by atoms with van der Waals surface area (Å²) >= 11 is 0. The van der Waals surface area contributed by atoms with Gasteiger partial charge in [-0.2, -0.15) is 0 Å². The SMILES string of the molecule is CCCCC=CC=NOC. The average Bonchev–Trinajstić information content (AvgIpc) is 1.97. The zero-order chi connectivity index (χ0) is 7.66. The van der Waals surface area contributed by atoms with E-state index in [-0.39, 0.29) is 0 Å². The predicted molar refractivity (Wildman–Crippen MR) is 44.2 cm³/mol. The van der Waals surface area contributed by atoms with E-state index in [0.717, 1.165) is 6.42 Å². The van der Waals surface area contributed by atoms with E-state index < -0.39 is 0 Å². The van der Waals surface area contributed by atoms with Gasteiger partial charge >= 0.3 is 0 Å². The highest BCUT2D eigenvalue weighted by atomic mass is 16.6. The first-order valence-corrected chi connectivity index (χ1v) is 3.63. The normalized spacial score (nSPS) is 11.4. The third-order valence-electron chi connectivity index (χ3n) is 1.11. The van der Waals surface area contributed by atoms with Crippen molar-refractivity contribution < 1.29 is 4.84 Å². The monoisotopic (exact) mass is 141 g/mol. The van der Waals surface area contributed by atoms with Gasteiger partial charge in [-0.15, -0.1) is 0 Å². The van der Waals surface area contributed by atoms with Gasteiger partial charge in [0, 0.05) is 0 Å². The summed E-state index contributed by atoms with van der Waals surface area (Å²) in [4.78, 5) is 4.47. The summed E-state index contributed by atoms with van der Waals surface area (Å²) in [6.07, 6.45) is 9.26. The number of nitrogens with zero attached hydrogens (tertiary/aromatic N) is 1. The van der Waals surface area contributed by atoms with E-state index in [9.17, 15) is 0 Å². The Morgan fingerprint density at radius 3 is 2.90 bits per heavy atom. The van der Waals surface area contributed by atoms with Gasteiger partial charge < -0.3 is 4.84 Å². The molecule has 0 N–H and O–H groups in total. The number of oxime groups is 1. The molecule has 0 bridgehead atoms. The molecule has 0 unspecified atom stereocenters. The molecular formula is C8H15NO. The molecule has 0 aromatic heterocycles. The molecule has 10 heavy (non-hydrogen) atoms. The molecule has 0 spiro atoms. The molecule has 0 aliphatic carbocycles. The van der Waals surface area contributed by atoms with Crippen LogP contribution in [0.1, 0.15) is 26.2 Å². The first-order valence-electron chi connectivity index (χ1n) is 3.63. The molecule has 0 saturated carbocycles. The second-order valence-corrected chi connectivity index (χ2v) is 2.01. The van der Waals surface area contributed by atoms with Crippen molar-refractivity contribution in [3.8, 4) is 0 Å². The van der Waals surface area contributed by atoms with E-state index in [1.54, 1.807) is 6.21 Å². The molecular weight excluding hydrogens is 126 g/mol. The lowest BCUT2D eigenvalue weighted by molar-refractivity contribution is 0.215. The third kappa shape index (κ3) is 7.21. The quantitative estimate of drug-likeness (QED) is 0.327. The minimum absolute atomic E-state index is 1.13. The summed E-state index contributed by atoms with van der Waals surface area (Å²) in [7, 11) is 1.54. The van der Waals surface area contributed by atoms with E-state index in [4.69, 9.17) is 0 Å². The van der Waals surface area contributed by atoms with Crippen molar-refractivity contribution in [1.82, 2.24) is 0 Å². The summed E-state index contributed by atoms with van der Waals surface area (Å²) in [5.74, 6) is 0. The molecule has 58 valence electrons. The molecule has 0 heterocycles. The van der Waals surface area contributed by atoms with Crippen LogP contribution in [0, 0.1) is 0 Å². The van der Waals surface area contributed by atoms with E-state index >= 15 is 0 Å². The summed E-state index contributed by atoms with van der Waals surface area (Å²) in [6.45, 7) is 2.18. The third-order valence-corrected chi connectivity index (χ3v) is 1.11. The van der Waals surface area contributed by atoms with E-state index in [1.165, 1.54) is 20.0 Å². The van der Waals surface area contributed by atoms with Crippen LogP contribution in [0.4, 0.5) is 0 Å². The van der Waals surface area contributed by atoms with Crippen LogP contribution < -0.4 is 0 Å². The molecule has 0 rings (SSSR count). The largest absolute Gasteiger partial charge is 0.399 e. The molecule has 0 fully saturated rings. The van der Waals surface area contributed by atoms with Crippen LogP contribution in [-0.2, 0) is 4.84 Å². The number of rotatable bonds is 5. The average molecular weight is 141 g/mol. The first-order chi connectivity index (χ1) is 4.91. The van der Waals surface area contributed by atoms with Gasteiger partial charge in [0.25, 0.3) is 0 Å². The van der Waals surface area contributed by atoms with Crippen LogP contribution in [0.2, 0.25) is 0 Å². The summed E-state index contributed by atoms with van der Waals surface area (Å²) in [5.41, 5.74) is 0. The van der Waals surface area contributed by atoms with Crippen LogP contribution in [0.3, 0.4) is 0 Å². The van der Waals surface area contributed by atoms with Gasteiger partial charge in [0.15, 0.2) is 0 Å². The van der Waals surface area contributed by atoms with Gasteiger partial charge in [-0.05, 0) is 12.5 Å². The molecule has 0 aliphatic rings. The van der Waals surface area contributed by atoms with Gasteiger partial charge in [-0.3, -0.25) is 0 Å². The van der Waals surface area contributed by atoms with Crippen LogP contribution in [0.15, 0.2) is 17.3 Å². The minimum atomic E-state index is 1.13. The molecule has 0 aromatic carbocycles. The Kier molecular flexibility index (Phi) is 7.56. The van der Waals surface area contributed by atoms with Gasteiger partial charge in [0.2, 0.25) is 0 Å². The molecule has 0 saturated heterocycles. The highest BCUT2D eigenvalue weighted by Gasteiger charge is 1.75. The molecule has 2 nitrogen and oxygen atoms in total. The van der Waals surface area contributed by atoms with Crippen molar-refractivity contribution in [2.45, 2.75) is 26.2 Å². The Labute approximate surface area is 62.6 Å². The Morgan fingerprint density at radius 2 is 2.30 bits per heavy atom. The van der Waals surface area contributed by atoms with Crippen molar-refractivity contribution in [3.63, 3.8) is 0 Å². The van der Waals surface area contributed by atoms with Gasteiger partial charge in [0.05, 0.1) is 6.21 Å². The Bertz CT molecular complexity index is 108. The van der Waals surface area contributed by atoms with Crippen LogP contribution in [-0.4, -0.2) is 13.3 Å². The van der Waals surface area contributed by atoms with Crippen LogP contribution in [0.25, 0.3) is 0 Å². The maximum absolute atomic E-state index is 4.47. The van der Waals surface area contributed by atoms with Crippen molar-refractivity contribution >= 4 is 6.21 Å². The zero-order valence-corrected chi connectivity index (χ0v) is 6.71. The highest BCUT2D eigenvalue weighted by Crippen LogP contribution is 1.93. The van der Waals surface area contributed by atoms with E-state index in [2.05, 4.69) is 23.0 Å². The van der Waals surface area contributed by atoms with Crippen molar-refractivity contribution in [3.05, 3.63) is 12.2 Å². The predicted octanol–water partition coefficient (Wildman–Crippen LogP) is 2.37. The zero-order valence-electron chi connectivity index (χ0n) is 6.71. The molecule has 0 amide bonds. The summed E-state index contributed by atoms with van der Waals surface area (Å²) < 4.78 is 0. The maximum atomic E-state index is 4.47. The Balaban J connectivity index is 3.11. The summed E-state index contributed by atoms with van der Waals surface area (Å²) in [6, 6.07) is 0. The molecule has 0 radical (unpaired) electrons. The van der Waals surface area contributed by atoms with Gasteiger partial charge in [0.1, 0.15) is 7.11 Å². The molecule has 0 aliphatic heterocycles. The fourth-order valence-electron chi connectivity index (χ4n) is 0.575.